The Morgan fingerprint density at radius 3 is 2.20 bits per heavy atom. The molecule has 0 fully saturated rings. The molecule has 0 aliphatic carbocycles. The molecular weight excluding hydrogens is 198 g/mol. The zero-order valence-corrected chi connectivity index (χ0v) is 7.85. The van der Waals surface area contributed by atoms with E-state index in [1.165, 1.54) is 0 Å². The average Bonchev–Trinajstić information content (AvgIpc) is 1.88. The van der Waals surface area contributed by atoms with E-state index in [0.717, 1.165) is 6.42 Å². The summed E-state index contributed by atoms with van der Waals surface area (Å²) in [6.45, 7) is 3.75. The van der Waals surface area contributed by atoms with E-state index >= 15 is 0 Å². The first-order valence-electron chi connectivity index (χ1n) is 3.40. The lowest BCUT2D eigenvalue weighted by molar-refractivity contribution is -0.536. The molecule has 0 aliphatic rings. The standard InChI is InChI=1S/C6H12BrNO2/c1-3-5-6(7,4-2)8(9)10/h3-5H2,1-2H3. The van der Waals surface area contributed by atoms with Crippen LogP contribution in [0, 0.1) is 10.1 Å². The highest BCUT2D eigenvalue weighted by Gasteiger charge is 2.35. The van der Waals surface area contributed by atoms with Gasteiger partial charge in [0.2, 0.25) is 0 Å². The van der Waals surface area contributed by atoms with Crippen LogP contribution in [-0.2, 0) is 0 Å². The highest BCUT2D eigenvalue weighted by Crippen LogP contribution is 2.28. The Morgan fingerprint density at radius 2 is 2.10 bits per heavy atom. The first-order valence-corrected chi connectivity index (χ1v) is 4.19. The van der Waals surface area contributed by atoms with Gasteiger partial charge in [0.25, 0.3) is 4.45 Å². The largest absolute Gasteiger partial charge is 0.274 e. The van der Waals surface area contributed by atoms with Crippen molar-refractivity contribution in [1.82, 2.24) is 0 Å². The Morgan fingerprint density at radius 1 is 1.60 bits per heavy atom. The Bertz CT molecular complexity index is 129. The maximum atomic E-state index is 10.4. The van der Waals surface area contributed by atoms with E-state index in [1.807, 2.05) is 13.8 Å². The fourth-order valence-corrected chi connectivity index (χ4v) is 1.18. The molecule has 0 radical (unpaired) electrons. The zero-order chi connectivity index (χ0) is 8.20. The van der Waals surface area contributed by atoms with Crippen LogP contribution in [0.3, 0.4) is 0 Å². The second-order valence-electron chi connectivity index (χ2n) is 2.28. The van der Waals surface area contributed by atoms with Crippen LogP contribution in [0.4, 0.5) is 0 Å². The van der Waals surface area contributed by atoms with E-state index in [1.54, 1.807) is 0 Å². The molecule has 0 saturated heterocycles. The summed E-state index contributed by atoms with van der Waals surface area (Å²) in [5, 5.41) is 10.4. The summed E-state index contributed by atoms with van der Waals surface area (Å²) >= 11 is 3.11. The molecule has 4 heteroatoms. The molecule has 0 aromatic heterocycles. The van der Waals surface area contributed by atoms with E-state index in [2.05, 4.69) is 15.9 Å². The van der Waals surface area contributed by atoms with Crippen LogP contribution in [0.2, 0.25) is 0 Å². The van der Waals surface area contributed by atoms with E-state index < -0.39 is 4.45 Å². The zero-order valence-electron chi connectivity index (χ0n) is 6.26. The highest BCUT2D eigenvalue weighted by atomic mass is 79.9. The fraction of sp³-hybridized carbons (Fsp3) is 1.00. The van der Waals surface area contributed by atoms with Crippen LogP contribution in [0.15, 0.2) is 0 Å². The van der Waals surface area contributed by atoms with Crippen molar-refractivity contribution in [3.05, 3.63) is 10.1 Å². The molecule has 0 bridgehead atoms. The van der Waals surface area contributed by atoms with Crippen LogP contribution >= 0.6 is 15.9 Å². The van der Waals surface area contributed by atoms with Gasteiger partial charge in [-0.05, 0) is 6.42 Å². The van der Waals surface area contributed by atoms with Gasteiger partial charge in [0.15, 0.2) is 0 Å². The number of halogens is 1. The van der Waals surface area contributed by atoms with Gasteiger partial charge < -0.3 is 0 Å². The van der Waals surface area contributed by atoms with Crippen molar-refractivity contribution in [2.24, 2.45) is 0 Å². The van der Waals surface area contributed by atoms with E-state index in [0.29, 0.717) is 12.8 Å². The van der Waals surface area contributed by atoms with Gasteiger partial charge in [0.1, 0.15) is 0 Å². The summed E-state index contributed by atoms with van der Waals surface area (Å²) in [5.41, 5.74) is 0. The summed E-state index contributed by atoms with van der Waals surface area (Å²) in [7, 11) is 0. The van der Waals surface area contributed by atoms with Crippen molar-refractivity contribution in [3.63, 3.8) is 0 Å². The highest BCUT2D eigenvalue weighted by molar-refractivity contribution is 9.10. The predicted octanol–water partition coefficient (Wildman–Crippen LogP) is 2.56. The number of hydrogen-bond donors (Lipinski definition) is 0. The number of alkyl halides is 1. The summed E-state index contributed by atoms with van der Waals surface area (Å²) < 4.78 is -0.873. The lowest BCUT2D eigenvalue weighted by atomic mass is 10.1. The van der Waals surface area contributed by atoms with Gasteiger partial charge in [0, 0.05) is 33.7 Å². The van der Waals surface area contributed by atoms with Gasteiger partial charge in [-0.25, -0.2) is 0 Å². The molecule has 0 heterocycles. The molecule has 0 aromatic carbocycles. The van der Waals surface area contributed by atoms with Gasteiger partial charge in [-0.3, -0.25) is 10.1 Å². The molecule has 0 amide bonds. The normalized spacial score (nSPS) is 16.3. The Kier molecular flexibility index (Phi) is 3.86. The third-order valence-electron chi connectivity index (χ3n) is 1.50. The maximum Gasteiger partial charge on any atom is 0.274 e. The molecular formula is C6H12BrNO2. The molecule has 1 atom stereocenters. The first kappa shape index (κ1) is 9.88. The van der Waals surface area contributed by atoms with Crippen LogP contribution in [0.5, 0.6) is 0 Å². The minimum absolute atomic E-state index is 0.253. The topological polar surface area (TPSA) is 43.1 Å². The van der Waals surface area contributed by atoms with Gasteiger partial charge in [-0.2, -0.15) is 0 Å². The second kappa shape index (κ2) is 3.91. The molecule has 10 heavy (non-hydrogen) atoms. The minimum Gasteiger partial charge on any atom is -0.263 e. The van der Waals surface area contributed by atoms with E-state index in [9.17, 15) is 10.1 Å². The fourth-order valence-electron chi connectivity index (χ4n) is 0.780. The molecule has 0 aliphatic heterocycles. The molecule has 0 aromatic rings. The lowest BCUT2D eigenvalue weighted by Gasteiger charge is -2.14. The van der Waals surface area contributed by atoms with Gasteiger partial charge in [-0.1, -0.05) is 13.8 Å². The number of rotatable bonds is 4. The molecule has 3 nitrogen and oxygen atoms in total. The number of nitro groups is 1. The van der Waals surface area contributed by atoms with Crippen molar-refractivity contribution < 1.29 is 4.92 Å². The van der Waals surface area contributed by atoms with Gasteiger partial charge in [-0.15, -0.1) is 0 Å². The van der Waals surface area contributed by atoms with Crippen LogP contribution in [0.1, 0.15) is 33.1 Å². The monoisotopic (exact) mass is 209 g/mol. The third-order valence-corrected chi connectivity index (χ3v) is 2.75. The first-order chi connectivity index (χ1) is 4.56. The van der Waals surface area contributed by atoms with Crippen molar-refractivity contribution in [2.45, 2.75) is 37.6 Å². The van der Waals surface area contributed by atoms with E-state index in [4.69, 9.17) is 0 Å². The maximum absolute atomic E-state index is 10.4. The molecule has 0 spiro atoms. The summed E-state index contributed by atoms with van der Waals surface area (Å²) in [6, 6.07) is 0. The van der Waals surface area contributed by atoms with Crippen molar-refractivity contribution in [1.29, 1.82) is 0 Å². The molecule has 0 rings (SSSR count). The van der Waals surface area contributed by atoms with Crippen LogP contribution in [-0.4, -0.2) is 9.37 Å². The Hall–Kier alpha value is -0.120. The summed E-state index contributed by atoms with van der Waals surface area (Å²) in [4.78, 5) is 10.1. The van der Waals surface area contributed by atoms with Crippen LogP contribution < -0.4 is 0 Å². The smallest absolute Gasteiger partial charge is 0.263 e. The minimum atomic E-state index is -0.873. The predicted molar refractivity (Wildman–Crippen MR) is 43.9 cm³/mol. The van der Waals surface area contributed by atoms with Crippen LogP contribution in [0.25, 0.3) is 0 Å². The van der Waals surface area contributed by atoms with Crippen molar-refractivity contribution >= 4 is 15.9 Å². The third kappa shape index (κ3) is 2.25. The van der Waals surface area contributed by atoms with Gasteiger partial charge in [0.05, 0.1) is 0 Å². The molecule has 60 valence electrons. The SMILES string of the molecule is CCCC(Br)(CC)[N+](=O)[O-]. The molecule has 0 saturated carbocycles. The Balaban J connectivity index is 4.08. The second-order valence-corrected chi connectivity index (χ2v) is 3.75. The summed E-state index contributed by atoms with van der Waals surface area (Å²) in [5.74, 6) is 0. The molecule has 1 unspecified atom stereocenters. The van der Waals surface area contributed by atoms with E-state index in [-0.39, 0.29) is 4.92 Å². The van der Waals surface area contributed by atoms with Gasteiger partial charge >= 0.3 is 0 Å². The quantitative estimate of drug-likeness (QED) is 0.309. The van der Waals surface area contributed by atoms with Crippen molar-refractivity contribution in [2.75, 3.05) is 0 Å². The number of nitrogens with zero attached hydrogens (tertiary/aromatic N) is 1. The molecule has 0 N–H and O–H groups in total. The number of hydrogen-bond acceptors (Lipinski definition) is 2. The summed E-state index contributed by atoms with van der Waals surface area (Å²) in [6.07, 6.45) is 1.96. The average molecular weight is 210 g/mol. The van der Waals surface area contributed by atoms with Crippen molar-refractivity contribution in [3.8, 4) is 0 Å². The lowest BCUT2D eigenvalue weighted by Crippen LogP contribution is -2.29. The Labute approximate surface area is 69.1 Å².